The molecule has 1 heterocycles. The van der Waals surface area contributed by atoms with Crippen molar-refractivity contribution in [1.29, 1.82) is 0 Å². The predicted molar refractivity (Wildman–Crippen MR) is 90.0 cm³/mol. The minimum absolute atomic E-state index is 0. The summed E-state index contributed by atoms with van der Waals surface area (Å²) in [5.41, 5.74) is 0. The average Bonchev–Trinajstić information content (AvgIpc) is 2.68. The molecule has 0 aromatic carbocycles. The Kier molecular flexibility index (Phi) is 11.7. The van der Waals surface area contributed by atoms with Gasteiger partial charge in [0.15, 0.2) is 6.29 Å². The molecule has 0 aromatic rings. The van der Waals surface area contributed by atoms with Crippen LogP contribution in [0.15, 0.2) is 0 Å². The summed E-state index contributed by atoms with van der Waals surface area (Å²) in [6.07, 6.45) is -10.8. The van der Waals surface area contributed by atoms with Crippen molar-refractivity contribution >= 4 is 5.97 Å². The second kappa shape index (κ2) is 12.6. The Balaban J connectivity index is 0.00000450. The third-order valence-corrected chi connectivity index (χ3v) is 5.21. The molecule has 1 aliphatic carbocycles. The zero-order valence-corrected chi connectivity index (χ0v) is 16.9. The second-order valence-electron chi connectivity index (χ2n) is 7.27. The van der Waals surface area contributed by atoms with Crippen LogP contribution in [0, 0.1) is 5.92 Å². The maximum atomic E-state index is 10.6. The molecule has 2 fully saturated rings. The summed E-state index contributed by atoms with van der Waals surface area (Å²) in [6, 6.07) is 0. The van der Waals surface area contributed by atoms with Crippen molar-refractivity contribution in [2.75, 3.05) is 26.4 Å². The van der Waals surface area contributed by atoms with Gasteiger partial charge in [-0.15, -0.1) is 0 Å². The fourth-order valence-corrected chi connectivity index (χ4v) is 3.48. The van der Waals surface area contributed by atoms with Crippen LogP contribution in [0.2, 0.25) is 0 Å². The fraction of sp³-hybridized carbons (Fsp3) is 0.941. The number of hydrogen-bond acceptors (Lipinski definition) is 12. The Morgan fingerprint density at radius 1 is 0.967 bits per heavy atom. The van der Waals surface area contributed by atoms with Crippen LogP contribution in [0.25, 0.3) is 0 Å². The van der Waals surface area contributed by atoms with Gasteiger partial charge in [0.25, 0.3) is 0 Å². The number of carbonyl (C=O) groups is 1. The van der Waals surface area contributed by atoms with Crippen molar-refractivity contribution in [3.8, 4) is 0 Å². The van der Waals surface area contributed by atoms with Crippen LogP contribution >= 0.6 is 0 Å². The fourth-order valence-electron chi connectivity index (χ4n) is 3.48. The first-order valence-electron chi connectivity index (χ1n) is 9.38. The number of carboxylic acids is 1. The number of rotatable bonds is 9. The van der Waals surface area contributed by atoms with E-state index >= 15 is 0 Å². The van der Waals surface area contributed by atoms with Crippen LogP contribution in [0.5, 0.6) is 0 Å². The SMILES string of the molecule is CC1OC(OCCOC2CC(CO)C(O)C(OCC(=O)[O-])C2O)C(O)C(O)C1O.[Li+]. The molecule has 1 saturated heterocycles. The monoisotopic (exact) mass is 432 g/mol. The third-order valence-electron chi connectivity index (χ3n) is 5.21. The number of aliphatic hydroxyl groups is 6. The molecule has 10 unspecified atom stereocenters. The quantitative estimate of drug-likeness (QED) is 0.149. The van der Waals surface area contributed by atoms with Crippen molar-refractivity contribution in [3.05, 3.63) is 0 Å². The van der Waals surface area contributed by atoms with Crippen LogP contribution in [0.4, 0.5) is 0 Å². The van der Waals surface area contributed by atoms with Crippen LogP contribution in [0.3, 0.4) is 0 Å². The van der Waals surface area contributed by atoms with Crippen molar-refractivity contribution in [1.82, 2.24) is 0 Å². The molecule has 1 saturated carbocycles. The Bertz CT molecular complexity index is 525. The Hall–Kier alpha value is -0.333. The zero-order chi connectivity index (χ0) is 21.7. The number of carbonyl (C=O) groups excluding carboxylic acids is 1. The van der Waals surface area contributed by atoms with Crippen LogP contribution < -0.4 is 24.0 Å². The summed E-state index contributed by atoms with van der Waals surface area (Å²) in [5, 5.41) is 69.8. The molecule has 2 rings (SSSR count). The summed E-state index contributed by atoms with van der Waals surface area (Å²) in [6.45, 7) is 0.0734. The molecular weight excluding hydrogens is 403 g/mol. The molecule has 0 bridgehead atoms. The number of ether oxygens (including phenoxy) is 4. The van der Waals surface area contributed by atoms with E-state index in [1.54, 1.807) is 0 Å². The topological polar surface area (TPSA) is 198 Å². The van der Waals surface area contributed by atoms with Gasteiger partial charge in [-0.25, -0.2) is 0 Å². The molecule has 10 atom stereocenters. The number of hydrogen-bond donors (Lipinski definition) is 6. The van der Waals surface area contributed by atoms with E-state index in [4.69, 9.17) is 18.9 Å². The van der Waals surface area contributed by atoms with E-state index in [1.807, 2.05) is 0 Å². The minimum Gasteiger partial charge on any atom is -0.548 e. The Labute approximate surface area is 185 Å². The van der Waals surface area contributed by atoms with Gasteiger partial charge in [-0.3, -0.25) is 0 Å². The van der Waals surface area contributed by atoms with E-state index < -0.39 is 80.2 Å². The first-order chi connectivity index (χ1) is 13.7. The van der Waals surface area contributed by atoms with Gasteiger partial charge in [0, 0.05) is 12.5 Å². The van der Waals surface area contributed by atoms with E-state index in [2.05, 4.69) is 0 Å². The van der Waals surface area contributed by atoms with Gasteiger partial charge < -0.3 is 59.5 Å². The molecule has 170 valence electrons. The molecular formula is C17H29LiO12. The molecule has 1 aliphatic heterocycles. The Morgan fingerprint density at radius 3 is 2.20 bits per heavy atom. The first kappa shape index (κ1) is 27.7. The number of aliphatic carboxylic acids is 1. The van der Waals surface area contributed by atoms with Gasteiger partial charge in [-0.05, 0) is 13.3 Å². The molecule has 6 N–H and O–H groups in total. The number of carboxylic acid groups (broad SMARTS) is 1. The smallest absolute Gasteiger partial charge is 0.548 e. The molecule has 0 aromatic heterocycles. The average molecular weight is 432 g/mol. The summed E-state index contributed by atoms with van der Waals surface area (Å²) in [4.78, 5) is 10.6. The third kappa shape index (κ3) is 6.83. The van der Waals surface area contributed by atoms with E-state index in [0.717, 1.165) is 0 Å². The van der Waals surface area contributed by atoms with Gasteiger partial charge in [0.2, 0.25) is 0 Å². The minimum atomic E-state index is -1.52. The van der Waals surface area contributed by atoms with Gasteiger partial charge in [0.1, 0.15) is 30.5 Å². The van der Waals surface area contributed by atoms with Crippen LogP contribution in [0.1, 0.15) is 13.3 Å². The van der Waals surface area contributed by atoms with Crippen molar-refractivity contribution < 1.29 is 78.3 Å². The molecule has 0 amide bonds. The summed E-state index contributed by atoms with van der Waals surface area (Å²) in [7, 11) is 0. The Morgan fingerprint density at radius 2 is 1.60 bits per heavy atom. The largest absolute Gasteiger partial charge is 1.00 e. The molecule has 2 aliphatic rings. The second-order valence-corrected chi connectivity index (χ2v) is 7.27. The number of aliphatic hydroxyl groups excluding tert-OH is 6. The zero-order valence-electron chi connectivity index (χ0n) is 16.9. The van der Waals surface area contributed by atoms with Crippen molar-refractivity contribution in [2.24, 2.45) is 5.92 Å². The summed E-state index contributed by atoms with van der Waals surface area (Å²) in [5.74, 6) is -2.22. The van der Waals surface area contributed by atoms with Gasteiger partial charge in [-0.2, -0.15) is 0 Å². The normalized spacial score (nSPS) is 41.8. The molecule has 12 nitrogen and oxygen atoms in total. The van der Waals surface area contributed by atoms with E-state index in [1.165, 1.54) is 6.92 Å². The molecule has 0 radical (unpaired) electrons. The standard InChI is InChI=1S/C17H30O12.Li/c1-7-11(21)14(24)15(25)17(29-7)27-3-2-26-9-4-8(5-18)12(22)16(13(9)23)28-6-10(19)20;/h7-9,11-18,21-25H,2-6H2,1H3,(H,19,20);/q;+1/p-1. The summed E-state index contributed by atoms with van der Waals surface area (Å²) < 4.78 is 21.1. The maximum Gasteiger partial charge on any atom is 1.00 e. The van der Waals surface area contributed by atoms with Crippen LogP contribution in [-0.4, -0.2) is 118 Å². The van der Waals surface area contributed by atoms with E-state index in [-0.39, 0.29) is 38.5 Å². The molecule has 30 heavy (non-hydrogen) atoms. The van der Waals surface area contributed by atoms with Crippen LogP contribution in [-0.2, 0) is 23.7 Å². The van der Waals surface area contributed by atoms with Crippen molar-refractivity contribution in [2.45, 2.75) is 68.5 Å². The molecule has 0 spiro atoms. The van der Waals surface area contributed by atoms with Gasteiger partial charge in [0.05, 0.1) is 44.1 Å². The molecule has 13 heteroatoms. The van der Waals surface area contributed by atoms with Crippen molar-refractivity contribution in [3.63, 3.8) is 0 Å². The predicted octanol–water partition coefficient (Wildman–Crippen LogP) is -7.91. The maximum absolute atomic E-state index is 10.6. The summed E-state index contributed by atoms with van der Waals surface area (Å²) >= 11 is 0. The van der Waals surface area contributed by atoms with Gasteiger partial charge in [-0.1, -0.05) is 0 Å². The van der Waals surface area contributed by atoms with E-state index in [0.29, 0.717) is 0 Å². The van der Waals surface area contributed by atoms with Gasteiger partial charge >= 0.3 is 18.9 Å². The first-order valence-corrected chi connectivity index (χ1v) is 9.38. The van der Waals surface area contributed by atoms with E-state index in [9.17, 15) is 40.5 Å².